The van der Waals surface area contributed by atoms with E-state index >= 15 is 0 Å². The van der Waals surface area contributed by atoms with Crippen molar-refractivity contribution in [1.82, 2.24) is 14.7 Å². The molecular weight excluding hydrogens is 214 g/mol. The van der Waals surface area contributed by atoms with Crippen molar-refractivity contribution < 1.29 is 4.79 Å². The van der Waals surface area contributed by atoms with Gasteiger partial charge in [0.05, 0.1) is 0 Å². The van der Waals surface area contributed by atoms with Crippen LogP contribution in [0.4, 0.5) is 0 Å². The molecule has 2 atom stereocenters. The molecule has 1 fully saturated rings. The Morgan fingerprint density at radius 1 is 1.53 bits per heavy atom. The van der Waals surface area contributed by atoms with Gasteiger partial charge < -0.3 is 4.90 Å². The molecule has 1 amide bonds. The Hall–Kier alpha value is -1.32. The van der Waals surface area contributed by atoms with Crippen molar-refractivity contribution in [1.29, 1.82) is 0 Å². The molecule has 1 aliphatic heterocycles. The minimum Gasteiger partial charge on any atom is -0.332 e. The lowest BCUT2D eigenvalue weighted by Crippen LogP contribution is -2.48. The van der Waals surface area contributed by atoms with Gasteiger partial charge >= 0.3 is 0 Å². The fourth-order valence-corrected chi connectivity index (χ4v) is 2.72. The SMILES string of the molecule is CC[C@@H]1CCC[C@H](C)N1C(=O)c1ccn(C)n1. The van der Waals surface area contributed by atoms with E-state index in [1.807, 2.05) is 18.1 Å². The van der Waals surface area contributed by atoms with Crippen LogP contribution in [0.25, 0.3) is 0 Å². The van der Waals surface area contributed by atoms with E-state index in [9.17, 15) is 4.79 Å². The molecule has 1 aromatic heterocycles. The highest BCUT2D eigenvalue weighted by molar-refractivity contribution is 5.92. The number of carbonyl (C=O) groups excluding carboxylic acids is 1. The van der Waals surface area contributed by atoms with Gasteiger partial charge in [0, 0.05) is 25.3 Å². The average molecular weight is 235 g/mol. The zero-order chi connectivity index (χ0) is 12.4. The van der Waals surface area contributed by atoms with E-state index < -0.39 is 0 Å². The molecule has 94 valence electrons. The first kappa shape index (κ1) is 12.1. The summed E-state index contributed by atoms with van der Waals surface area (Å²) in [5.74, 6) is 0.0876. The summed E-state index contributed by atoms with van der Waals surface area (Å²) < 4.78 is 1.68. The molecule has 0 aromatic carbocycles. The fraction of sp³-hybridized carbons (Fsp3) is 0.692. The van der Waals surface area contributed by atoms with Crippen LogP contribution in [0.15, 0.2) is 12.3 Å². The molecular formula is C13H21N3O. The summed E-state index contributed by atoms with van der Waals surface area (Å²) in [6, 6.07) is 2.52. The molecule has 2 heterocycles. The average Bonchev–Trinajstić information content (AvgIpc) is 2.74. The molecule has 1 aromatic rings. The first-order valence-electron chi connectivity index (χ1n) is 6.45. The van der Waals surface area contributed by atoms with Crippen LogP contribution in [-0.2, 0) is 7.05 Å². The number of aryl methyl sites for hydroxylation is 1. The smallest absolute Gasteiger partial charge is 0.274 e. The highest BCUT2D eigenvalue weighted by atomic mass is 16.2. The van der Waals surface area contributed by atoms with Crippen molar-refractivity contribution >= 4 is 5.91 Å². The molecule has 0 bridgehead atoms. The normalized spacial score (nSPS) is 25.0. The van der Waals surface area contributed by atoms with Crippen LogP contribution in [0.1, 0.15) is 50.0 Å². The van der Waals surface area contributed by atoms with Gasteiger partial charge in [-0.3, -0.25) is 9.48 Å². The molecule has 1 aliphatic rings. The van der Waals surface area contributed by atoms with Gasteiger partial charge in [-0.25, -0.2) is 0 Å². The Labute approximate surface area is 103 Å². The van der Waals surface area contributed by atoms with E-state index in [-0.39, 0.29) is 5.91 Å². The minimum atomic E-state index is 0.0876. The van der Waals surface area contributed by atoms with E-state index in [1.165, 1.54) is 6.42 Å². The van der Waals surface area contributed by atoms with E-state index in [4.69, 9.17) is 0 Å². The third kappa shape index (κ3) is 2.35. The van der Waals surface area contributed by atoms with E-state index in [0.717, 1.165) is 19.3 Å². The van der Waals surface area contributed by atoms with Gasteiger partial charge in [-0.05, 0) is 38.7 Å². The lowest BCUT2D eigenvalue weighted by molar-refractivity contribution is 0.0466. The Kier molecular flexibility index (Phi) is 3.50. The molecule has 17 heavy (non-hydrogen) atoms. The number of likely N-dealkylation sites (tertiary alicyclic amines) is 1. The molecule has 4 nitrogen and oxygen atoms in total. The monoisotopic (exact) mass is 235 g/mol. The first-order valence-corrected chi connectivity index (χ1v) is 6.45. The Bertz CT molecular complexity index is 399. The van der Waals surface area contributed by atoms with E-state index in [1.54, 1.807) is 10.7 Å². The summed E-state index contributed by atoms with van der Waals surface area (Å²) in [5, 5.41) is 4.21. The third-order valence-corrected chi connectivity index (χ3v) is 3.67. The second-order valence-electron chi connectivity index (χ2n) is 4.93. The number of carbonyl (C=O) groups is 1. The van der Waals surface area contributed by atoms with Gasteiger partial charge in [0.2, 0.25) is 0 Å². The largest absolute Gasteiger partial charge is 0.332 e. The molecule has 1 saturated heterocycles. The molecule has 0 saturated carbocycles. The number of rotatable bonds is 2. The summed E-state index contributed by atoms with van der Waals surface area (Å²) in [4.78, 5) is 14.5. The van der Waals surface area contributed by atoms with Crippen molar-refractivity contribution in [2.24, 2.45) is 7.05 Å². The molecule has 0 aliphatic carbocycles. The second-order valence-corrected chi connectivity index (χ2v) is 4.93. The summed E-state index contributed by atoms with van der Waals surface area (Å²) in [6.07, 6.45) is 6.31. The van der Waals surface area contributed by atoms with Crippen molar-refractivity contribution in [3.63, 3.8) is 0 Å². The standard InChI is InChI=1S/C13H21N3O/c1-4-11-7-5-6-10(2)16(11)13(17)12-8-9-15(3)14-12/h8-11H,4-7H2,1-3H3/t10-,11+/m0/s1. The zero-order valence-corrected chi connectivity index (χ0v) is 10.9. The van der Waals surface area contributed by atoms with Crippen LogP contribution in [-0.4, -0.2) is 32.7 Å². The summed E-state index contributed by atoms with van der Waals surface area (Å²) >= 11 is 0. The maximum absolute atomic E-state index is 12.4. The minimum absolute atomic E-state index is 0.0876. The lowest BCUT2D eigenvalue weighted by Gasteiger charge is -2.40. The molecule has 0 spiro atoms. The van der Waals surface area contributed by atoms with Gasteiger partial charge in [0.25, 0.3) is 5.91 Å². The van der Waals surface area contributed by atoms with Gasteiger partial charge in [0.1, 0.15) is 5.69 Å². The van der Waals surface area contributed by atoms with Gasteiger partial charge in [-0.1, -0.05) is 6.92 Å². The van der Waals surface area contributed by atoms with Gasteiger partial charge in [-0.15, -0.1) is 0 Å². The molecule has 0 unspecified atom stereocenters. The number of nitrogens with zero attached hydrogens (tertiary/aromatic N) is 3. The van der Waals surface area contributed by atoms with Crippen molar-refractivity contribution in [3.05, 3.63) is 18.0 Å². The number of amides is 1. The number of piperidine rings is 1. The molecule has 2 rings (SSSR count). The van der Waals surface area contributed by atoms with Crippen LogP contribution >= 0.6 is 0 Å². The Morgan fingerprint density at radius 2 is 2.29 bits per heavy atom. The van der Waals surface area contributed by atoms with Gasteiger partial charge in [-0.2, -0.15) is 5.10 Å². The Morgan fingerprint density at radius 3 is 2.88 bits per heavy atom. The molecule has 4 heteroatoms. The summed E-state index contributed by atoms with van der Waals surface area (Å²) in [6.45, 7) is 4.30. The van der Waals surface area contributed by atoms with Crippen molar-refractivity contribution in [2.75, 3.05) is 0 Å². The summed E-state index contributed by atoms with van der Waals surface area (Å²) in [7, 11) is 1.84. The first-order chi connectivity index (χ1) is 8.13. The van der Waals surface area contributed by atoms with Crippen molar-refractivity contribution in [2.45, 2.75) is 51.6 Å². The Balaban J connectivity index is 2.21. The lowest BCUT2D eigenvalue weighted by atomic mass is 9.94. The number of hydrogen-bond donors (Lipinski definition) is 0. The topological polar surface area (TPSA) is 38.1 Å². The van der Waals surface area contributed by atoms with Gasteiger partial charge in [0.15, 0.2) is 0 Å². The highest BCUT2D eigenvalue weighted by Crippen LogP contribution is 2.26. The van der Waals surface area contributed by atoms with Crippen molar-refractivity contribution in [3.8, 4) is 0 Å². The number of aromatic nitrogens is 2. The quantitative estimate of drug-likeness (QED) is 0.788. The van der Waals surface area contributed by atoms with Crippen LogP contribution in [0.3, 0.4) is 0 Å². The van der Waals surface area contributed by atoms with E-state index in [2.05, 4.69) is 18.9 Å². The summed E-state index contributed by atoms with van der Waals surface area (Å²) in [5.41, 5.74) is 0.569. The maximum Gasteiger partial charge on any atom is 0.274 e. The second kappa shape index (κ2) is 4.90. The predicted molar refractivity (Wildman–Crippen MR) is 66.8 cm³/mol. The molecule has 0 N–H and O–H groups in total. The fourth-order valence-electron chi connectivity index (χ4n) is 2.72. The van der Waals surface area contributed by atoms with Crippen LogP contribution < -0.4 is 0 Å². The van der Waals surface area contributed by atoms with Crippen LogP contribution in [0, 0.1) is 0 Å². The predicted octanol–water partition coefficient (Wildman–Crippen LogP) is 2.21. The third-order valence-electron chi connectivity index (χ3n) is 3.67. The highest BCUT2D eigenvalue weighted by Gasteiger charge is 2.32. The maximum atomic E-state index is 12.4. The zero-order valence-electron chi connectivity index (χ0n) is 10.9. The van der Waals surface area contributed by atoms with Crippen LogP contribution in [0.5, 0.6) is 0 Å². The number of hydrogen-bond acceptors (Lipinski definition) is 2. The van der Waals surface area contributed by atoms with E-state index in [0.29, 0.717) is 17.8 Å². The molecule has 0 radical (unpaired) electrons. The van der Waals surface area contributed by atoms with Crippen LogP contribution in [0.2, 0.25) is 0 Å².